The lowest BCUT2D eigenvalue weighted by molar-refractivity contribution is -0.134. The van der Waals surface area contributed by atoms with Crippen LogP contribution in [0.25, 0.3) is 11.0 Å². The van der Waals surface area contributed by atoms with Crippen LogP contribution < -0.4 is 4.90 Å². The average Bonchev–Trinajstić information content (AvgIpc) is 3.22. The Morgan fingerprint density at radius 3 is 2.73 bits per heavy atom. The molecule has 5 rings (SSSR count). The third kappa shape index (κ3) is 4.63. The van der Waals surface area contributed by atoms with E-state index in [4.69, 9.17) is 27.9 Å². The van der Waals surface area contributed by atoms with Crippen LogP contribution in [0, 0.1) is 0 Å². The number of nitrogens with zero attached hydrogens (tertiary/aromatic N) is 7. The molecule has 4 heterocycles. The fourth-order valence-electron chi connectivity index (χ4n) is 4.42. The number of benzene rings is 1. The third-order valence-corrected chi connectivity index (χ3v) is 7.00. The SMILES string of the molecule is Cn1ncc2c(N3CCN(C(=O)CN4CCOC(c5ccc(Cl)c(Cl)c5)C4)CC3)ncnc21. The molecule has 0 aliphatic carbocycles. The maximum absolute atomic E-state index is 13.0. The minimum Gasteiger partial charge on any atom is -0.371 e. The van der Waals surface area contributed by atoms with Gasteiger partial charge in [0.05, 0.1) is 40.9 Å². The second-order valence-electron chi connectivity index (χ2n) is 8.34. The number of aromatic nitrogens is 4. The smallest absolute Gasteiger partial charge is 0.236 e. The molecule has 0 saturated carbocycles. The lowest BCUT2D eigenvalue weighted by atomic mass is 10.1. The molecule has 1 unspecified atom stereocenters. The van der Waals surface area contributed by atoms with Crippen LogP contribution in [0.5, 0.6) is 0 Å². The van der Waals surface area contributed by atoms with E-state index in [0.717, 1.165) is 42.0 Å². The Bertz CT molecular complexity index is 1160. The first-order valence-corrected chi connectivity index (χ1v) is 11.7. The predicted molar refractivity (Wildman–Crippen MR) is 127 cm³/mol. The molecule has 0 bridgehead atoms. The van der Waals surface area contributed by atoms with Gasteiger partial charge in [-0.1, -0.05) is 29.3 Å². The number of ether oxygens (including phenoxy) is 1. The van der Waals surface area contributed by atoms with E-state index in [1.807, 2.05) is 24.1 Å². The van der Waals surface area contributed by atoms with Gasteiger partial charge in [-0.25, -0.2) is 9.97 Å². The van der Waals surface area contributed by atoms with Crippen molar-refractivity contribution in [1.29, 1.82) is 0 Å². The number of piperazine rings is 1. The van der Waals surface area contributed by atoms with Crippen molar-refractivity contribution in [2.45, 2.75) is 6.10 Å². The fraction of sp³-hybridized carbons (Fsp3) is 0.455. The molecule has 33 heavy (non-hydrogen) atoms. The first-order valence-electron chi connectivity index (χ1n) is 10.9. The van der Waals surface area contributed by atoms with Crippen molar-refractivity contribution in [3.63, 3.8) is 0 Å². The van der Waals surface area contributed by atoms with E-state index >= 15 is 0 Å². The number of hydrogen-bond acceptors (Lipinski definition) is 7. The number of rotatable bonds is 4. The maximum Gasteiger partial charge on any atom is 0.236 e. The summed E-state index contributed by atoms with van der Waals surface area (Å²) in [6.45, 7) is 5.08. The van der Waals surface area contributed by atoms with Crippen LogP contribution in [0.4, 0.5) is 5.82 Å². The summed E-state index contributed by atoms with van der Waals surface area (Å²) < 4.78 is 7.67. The van der Waals surface area contributed by atoms with Crippen molar-refractivity contribution in [3.05, 3.63) is 46.3 Å². The zero-order valence-electron chi connectivity index (χ0n) is 18.3. The highest BCUT2D eigenvalue weighted by atomic mass is 35.5. The molecule has 3 aromatic rings. The van der Waals surface area contributed by atoms with Gasteiger partial charge in [0.25, 0.3) is 0 Å². The Hall–Kier alpha value is -2.46. The van der Waals surface area contributed by atoms with Crippen molar-refractivity contribution in [2.75, 3.05) is 57.3 Å². The Morgan fingerprint density at radius 2 is 1.94 bits per heavy atom. The van der Waals surface area contributed by atoms with E-state index in [2.05, 4.69) is 24.9 Å². The molecule has 2 aliphatic heterocycles. The summed E-state index contributed by atoms with van der Waals surface area (Å²) in [7, 11) is 1.87. The van der Waals surface area contributed by atoms with Gasteiger partial charge in [0.2, 0.25) is 5.91 Å². The van der Waals surface area contributed by atoms with E-state index in [-0.39, 0.29) is 12.0 Å². The number of aryl methyl sites for hydroxylation is 1. The van der Waals surface area contributed by atoms with E-state index in [1.165, 1.54) is 0 Å². The molecule has 2 saturated heterocycles. The van der Waals surface area contributed by atoms with Crippen LogP contribution in [0.2, 0.25) is 10.0 Å². The fourth-order valence-corrected chi connectivity index (χ4v) is 4.73. The lowest BCUT2D eigenvalue weighted by Crippen LogP contribution is -2.52. The van der Waals surface area contributed by atoms with Gasteiger partial charge in [0, 0.05) is 46.3 Å². The van der Waals surface area contributed by atoms with Gasteiger partial charge < -0.3 is 14.5 Å². The number of carbonyl (C=O) groups excluding carboxylic acids is 1. The lowest BCUT2D eigenvalue weighted by Gasteiger charge is -2.38. The molecular weight excluding hydrogens is 465 g/mol. The highest BCUT2D eigenvalue weighted by molar-refractivity contribution is 6.42. The minimum absolute atomic E-state index is 0.127. The number of amides is 1. The molecule has 0 N–H and O–H groups in total. The van der Waals surface area contributed by atoms with E-state index in [1.54, 1.807) is 23.3 Å². The summed E-state index contributed by atoms with van der Waals surface area (Å²) >= 11 is 12.2. The summed E-state index contributed by atoms with van der Waals surface area (Å²) in [5.74, 6) is 1.01. The van der Waals surface area contributed by atoms with Crippen molar-refractivity contribution >= 4 is 46.0 Å². The minimum atomic E-state index is -0.127. The zero-order chi connectivity index (χ0) is 22.9. The summed E-state index contributed by atoms with van der Waals surface area (Å²) in [5, 5.41) is 6.25. The summed E-state index contributed by atoms with van der Waals surface area (Å²) in [6.07, 6.45) is 3.24. The molecule has 1 amide bonds. The highest BCUT2D eigenvalue weighted by Gasteiger charge is 2.28. The number of hydrogen-bond donors (Lipinski definition) is 0. The van der Waals surface area contributed by atoms with Crippen LogP contribution in [0.3, 0.4) is 0 Å². The third-order valence-electron chi connectivity index (χ3n) is 6.27. The molecule has 1 aromatic carbocycles. The Balaban J connectivity index is 1.18. The van der Waals surface area contributed by atoms with Crippen molar-refractivity contribution < 1.29 is 9.53 Å². The summed E-state index contributed by atoms with van der Waals surface area (Å²) in [5.41, 5.74) is 1.78. The molecule has 2 aromatic heterocycles. The Labute approximate surface area is 201 Å². The van der Waals surface area contributed by atoms with Crippen LogP contribution in [-0.4, -0.2) is 87.9 Å². The normalized spacial score (nSPS) is 19.9. The van der Waals surface area contributed by atoms with E-state index < -0.39 is 0 Å². The second kappa shape index (κ2) is 9.42. The Morgan fingerprint density at radius 1 is 1.12 bits per heavy atom. The van der Waals surface area contributed by atoms with Gasteiger partial charge in [0.15, 0.2) is 5.65 Å². The number of halogens is 2. The van der Waals surface area contributed by atoms with Gasteiger partial charge in [-0.2, -0.15) is 5.10 Å². The number of fused-ring (bicyclic) bond motifs is 1. The first-order chi connectivity index (χ1) is 16.0. The predicted octanol–water partition coefficient (Wildman–Crippen LogP) is 2.39. The van der Waals surface area contributed by atoms with E-state index in [0.29, 0.717) is 42.8 Å². The van der Waals surface area contributed by atoms with Crippen LogP contribution in [-0.2, 0) is 16.6 Å². The standard InChI is InChI=1S/C22H25Cl2N7O2/c1-28-21-16(11-27-28)22(26-14-25-21)31-6-4-30(5-7-31)20(32)13-29-8-9-33-19(12-29)15-2-3-17(23)18(24)10-15/h2-3,10-11,14,19H,4-9,12-13H2,1H3. The van der Waals surface area contributed by atoms with Gasteiger partial charge in [0.1, 0.15) is 12.1 Å². The molecule has 9 nitrogen and oxygen atoms in total. The van der Waals surface area contributed by atoms with Gasteiger partial charge >= 0.3 is 0 Å². The number of morpholine rings is 1. The summed E-state index contributed by atoms with van der Waals surface area (Å²) in [4.78, 5) is 28.1. The largest absolute Gasteiger partial charge is 0.371 e. The van der Waals surface area contributed by atoms with Crippen molar-refractivity contribution in [2.24, 2.45) is 7.05 Å². The summed E-state index contributed by atoms with van der Waals surface area (Å²) in [6, 6.07) is 5.55. The first kappa shape index (κ1) is 22.3. The van der Waals surface area contributed by atoms with Crippen LogP contribution in [0.15, 0.2) is 30.7 Å². The molecule has 0 spiro atoms. The monoisotopic (exact) mass is 489 g/mol. The topological polar surface area (TPSA) is 79.6 Å². The molecule has 2 fully saturated rings. The zero-order valence-corrected chi connectivity index (χ0v) is 19.8. The molecule has 174 valence electrons. The van der Waals surface area contributed by atoms with Gasteiger partial charge in [-0.05, 0) is 17.7 Å². The quantitative estimate of drug-likeness (QED) is 0.556. The number of carbonyl (C=O) groups is 1. The van der Waals surface area contributed by atoms with Gasteiger partial charge in [-0.3, -0.25) is 14.4 Å². The molecule has 11 heteroatoms. The van der Waals surface area contributed by atoms with Gasteiger partial charge in [-0.15, -0.1) is 0 Å². The van der Waals surface area contributed by atoms with Crippen molar-refractivity contribution in [1.82, 2.24) is 29.5 Å². The van der Waals surface area contributed by atoms with E-state index in [9.17, 15) is 4.79 Å². The van der Waals surface area contributed by atoms with Crippen molar-refractivity contribution in [3.8, 4) is 0 Å². The van der Waals surface area contributed by atoms with Crippen LogP contribution in [0.1, 0.15) is 11.7 Å². The molecule has 1 atom stereocenters. The van der Waals surface area contributed by atoms with Crippen LogP contribution >= 0.6 is 23.2 Å². The maximum atomic E-state index is 13.0. The Kier molecular flexibility index (Phi) is 6.38. The average molecular weight is 490 g/mol. The molecular formula is C22H25Cl2N7O2. The molecule has 2 aliphatic rings. The molecule has 0 radical (unpaired) electrons. The highest BCUT2D eigenvalue weighted by Crippen LogP contribution is 2.29. The second-order valence-corrected chi connectivity index (χ2v) is 9.15. The number of anilines is 1.